The fourth-order valence-electron chi connectivity index (χ4n) is 4.05. The molecule has 0 aliphatic heterocycles. The summed E-state index contributed by atoms with van der Waals surface area (Å²) in [6.45, 7) is 4.13. The van der Waals surface area contributed by atoms with Crippen molar-refractivity contribution in [3.63, 3.8) is 0 Å². The van der Waals surface area contributed by atoms with Crippen LogP contribution in [0.3, 0.4) is 0 Å². The third kappa shape index (κ3) is 4.59. The van der Waals surface area contributed by atoms with Crippen molar-refractivity contribution in [2.75, 3.05) is 0 Å². The lowest BCUT2D eigenvalue weighted by atomic mass is 10.1. The van der Waals surface area contributed by atoms with E-state index in [1.54, 1.807) is 0 Å². The van der Waals surface area contributed by atoms with Crippen LogP contribution in [0.15, 0.2) is 65.7 Å². The number of aryl methyl sites for hydroxylation is 3. The van der Waals surface area contributed by atoms with Crippen molar-refractivity contribution in [2.45, 2.75) is 39.6 Å². The average Bonchev–Trinajstić information content (AvgIpc) is 3.05. The van der Waals surface area contributed by atoms with Gasteiger partial charge < -0.3 is 14.2 Å². The zero-order chi connectivity index (χ0) is 23.8. The summed E-state index contributed by atoms with van der Waals surface area (Å²) < 4.78 is 44.8. The third-order valence-corrected chi connectivity index (χ3v) is 5.85. The molecule has 1 N–H and O–H groups in total. The molecule has 1 heterocycles. The Morgan fingerprint density at radius 3 is 2.15 bits per heavy atom. The van der Waals surface area contributed by atoms with E-state index < -0.39 is 11.7 Å². The first kappa shape index (κ1) is 22.9. The van der Waals surface area contributed by atoms with E-state index in [-0.39, 0.29) is 6.61 Å². The molecule has 33 heavy (non-hydrogen) atoms. The van der Waals surface area contributed by atoms with E-state index in [9.17, 15) is 18.3 Å². The number of nitrogens with zero attached hydrogens (tertiary/aromatic N) is 3. The van der Waals surface area contributed by atoms with Gasteiger partial charge in [-0.05, 0) is 54.3 Å². The number of alkyl halides is 3. The topological polar surface area (TPSA) is 42.5 Å². The molecule has 4 nitrogen and oxygen atoms in total. The SMILES string of the molecule is CCc1cc(C(F)(F)F)cc2c1n(C)c(=Nc1ccc(C)cc1)n2Cc1ccc(CO)cc1. The summed E-state index contributed by atoms with van der Waals surface area (Å²) in [6, 6.07) is 17.5. The highest BCUT2D eigenvalue weighted by atomic mass is 19.4. The van der Waals surface area contributed by atoms with Gasteiger partial charge >= 0.3 is 6.18 Å². The Kier molecular flexibility index (Phi) is 6.17. The summed E-state index contributed by atoms with van der Waals surface area (Å²) in [6.07, 6.45) is -3.98. The molecule has 0 fully saturated rings. The van der Waals surface area contributed by atoms with Crippen LogP contribution in [0.4, 0.5) is 18.9 Å². The molecule has 0 amide bonds. The summed E-state index contributed by atoms with van der Waals surface area (Å²) in [5.41, 5.74) is 5.26. The van der Waals surface area contributed by atoms with E-state index in [2.05, 4.69) is 0 Å². The maximum absolute atomic E-state index is 13.7. The smallest absolute Gasteiger partial charge is 0.392 e. The molecule has 0 saturated carbocycles. The normalized spacial score (nSPS) is 12.6. The highest BCUT2D eigenvalue weighted by Crippen LogP contribution is 2.33. The number of imidazole rings is 1. The summed E-state index contributed by atoms with van der Waals surface area (Å²) in [7, 11) is 1.84. The van der Waals surface area contributed by atoms with Crippen LogP contribution >= 0.6 is 0 Å². The van der Waals surface area contributed by atoms with Crippen LogP contribution in [0.2, 0.25) is 0 Å². The maximum Gasteiger partial charge on any atom is 0.416 e. The van der Waals surface area contributed by atoms with Gasteiger partial charge in [0.25, 0.3) is 0 Å². The standard InChI is InChI=1S/C26H26F3N3O/c1-4-20-13-21(26(27,28)29)14-23-24(20)31(3)25(30-22-11-5-17(2)6-12-22)32(23)15-18-7-9-19(16-33)10-8-18/h5-14,33H,4,15-16H2,1-3H3. The lowest BCUT2D eigenvalue weighted by molar-refractivity contribution is -0.137. The molecule has 0 aliphatic carbocycles. The average molecular weight is 454 g/mol. The van der Waals surface area contributed by atoms with E-state index in [1.807, 2.05) is 78.6 Å². The molecule has 1 aromatic heterocycles. The molecule has 0 unspecified atom stereocenters. The van der Waals surface area contributed by atoms with Gasteiger partial charge in [-0.1, -0.05) is 48.9 Å². The van der Waals surface area contributed by atoms with Crippen molar-refractivity contribution in [3.8, 4) is 0 Å². The van der Waals surface area contributed by atoms with Gasteiger partial charge in [-0.15, -0.1) is 0 Å². The fourth-order valence-corrected chi connectivity index (χ4v) is 4.05. The van der Waals surface area contributed by atoms with Crippen molar-refractivity contribution in [1.82, 2.24) is 9.13 Å². The molecular formula is C26H26F3N3O. The van der Waals surface area contributed by atoms with Crippen LogP contribution in [0.25, 0.3) is 11.0 Å². The number of halogens is 3. The monoisotopic (exact) mass is 453 g/mol. The predicted octanol–water partition coefficient (Wildman–Crippen LogP) is 5.64. The Balaban J connectivity index is 2.02. The zero-order valence-corrected chi connectivity index (χ0v) is 18.8. The lowest BCUT2D eigenvalue weighted by Crippen LogP contribution is -2.24. The van der Waals surface area contributed by atoms with Crippen molar-refractivity contribution in [3.05, 3.63) is 94.1 Å². The van der Waals surface area contributed by atoms with Gasteiger partial charge in [0.05, 0.1) is 35.4 Å². The lowest BCUT2D eigenvalue weighted by Gasteiger charge is -2.12. The van der Waals surface area contributed by atoms with Crippen LogP contribution in [-0.2, 0) is 32.8 Å². The van der Waals surface area contributed by atoms with Crippen LogP contribution in [0, 0.1) is 6.92 Å². The number of hydrogen-bond donors (Lipinski definition) is 1. The number of aliphatic hydroxyl groups excluding tert-OH is 1. The predicted molar refractivity (Wildman–Crippen MR) is 123 cm³/mol. The first-order valence-corrected chi connectivity index (χ1v) is 10.8. The molecule has 4 rings (SSSR count). The van der Waals surface area contributed by atoms with Gasteiger partial charge in [0, 0.05) is 7.05 Å². The highest BCUT2D eigenvalue weighted by molar-refractivity contribution is 5.81. The van der Waals surface area contributed by atoms with Gasteiger partial charge in [0.15, 0.2) is 0 Å². The minimum atomic E-state index is -4.44. The number of hydrogen-bond acceptors (Lipinski definition) is 2. The Morgan fingerprint density at radius 1 is 0.939 bits per heavy atom. The summed E-state index contributed by atoms with van der Waals surface area (Å²) in [4.78, 5) is 4.82. The first-order chi connectivity index (χ1) is 15.7. The minimum Gasteiger partial charge on any atom is -0.392 e. The van der Waals surface area contributed by atoms with E-state index in [4.69, 9.17) is 4.99 Å². The van der Waals surface area contributed by atoms with Crippen molar-refractivity contribution < 1.29 is 18.3 Å². The Bertz CT molecular complexity index is 1350. The summed E-state index contributed by atoms with van der Waals surface area (Å²) in [5, 5.41) is 9.32. The van der Waals surface area contributed by atoms with Crippen LogP contribution in [0.1, 0.15) is 34.7 Å². The minimum absolute atomic E-state index is 0.0650. The maximum atomic E-state index is 13.7. The molecule has 7 heteroatoms. The Labute approximate surface area is 190 Å². The van der Waals surface area contributed by atoms with Crippen LogP contribution in [-0.4, -0.2) is 14.2 Å². The van der Waals surface area contributed by atoms with Crippen molar-refractivity contribution in [1.29, 1.82) is 0 Å². The van der Waals surface area contributed by atoms with E-state index in [0.29, 0.717) is 29.7 Å². The molecule has 3 aromatic carbocycles. The molecule has 4 aromatic rings. The largest absolute Gasteiger partial charge is 0.416 e. The molecule has 0 saturated heterocycles. The van der Waals surface area contributed by atoms with Crippen LogP contribution < -0.4 is 5.62 Å². The van der Waals surface area contributed by atoms with Gasteiger partial charge in [-0.25, -0.2) is 4.99 Å². The number of aliphatic hydroxyl groups is 1. The van der Waals surface area contributed by atoms with Crippen LogP contribution in [0.5, 0.6) is 0 Å². The second-order valence-electron chi connectivity index (χ2n) is 8.22. The molecule has 172 valence electrons. The Morgan fingerprint density at radius 2 is 1.58 bits per heavy atom. The molecule has 0 bridgehead atoms. The molecular weight excluding hydrogens is 427 g/mol. The van der Waals surface area contributed by atoms with E-state index >= 15 is 0 Å². The van der Waals surface area contributed by atoms with Crippen molar-refractivity contribution in [2.24, 2.45) is 12.0 Å². The van der Waals surface area contributed by atoms with E-state index in [0.717, 1.165) is 27.9 Å². The number of benzene rings is 3. The van der Waals surface area contributed by atoms with Gasteiger partial charge in [0.1, 0.15) is 0 Å². The molecule has 0 radical (unpaired) electrons. The Hall–Kier alpha value is -3.32. The number of fused-ring (bicyclic) bond motifs is 1. The zero-order valence-electron chi connectivity index (χ0n) is 18.8. The summed E-state index contributed by atoms with van der Waals surface area (Å²) >= 11 is 0. The second-order valence-corrected chi connectivity index (χ2v) is 8.22. The highest BCUT2D eigenvalue weighted by Gasteiger charge is 2.32. The molecule has 0 spiro atoms. The first-order valence-electron chi connectivity index (χ1n) is 10.8. The fraction of sp³-hybridized carbons (Fsp3) is 0.269. The molecule has 0 aliphatic rings. The number of rotatable bonds is 5. The summed E-state index contributed by atoms with van der Waals surface area (Å²) in [5.74, 6) is 0. The number of aromatic nitrogens is 2. The molecule has 0 atom stereocenters. The quantitative estimate of drug-likeness (QED) is 0.417. The van der Waals surface area contributed by atoms with Gasteiger partial charge in [-0.3, -0.25) is 0 Å². The van der Waals surface area contributed by atoms with Crippen molar-refractivity contribution >= 4 is 16.7 Å². The second kappa shape index (κ2) is 8.90. The van der Waals surface area contributed by atoms with E-state index in [1.165, 1.54) is 12.1 Å². The van der Waals surface area contributed by atoms with Gasteiger partial charge in [-0.2, -0.15) is 13.2 Å². The van der Waals surface area contributed by atoms with Gasteiger partial charge in [0.2, 0.25) is 5.62 Å². The third-order valence-electron chi connectivity index (χ3n) is 5.85.